The highest BCUT2D eigenvalue weighted by Crippen LogP contribution is 2.12. The second-order valence-electron chi connectivity index (χ2n) is 6.42. The van der Waals surface area contributed by atoms with Crippen LogP contribution in [0.1, 0.15) is 39.3 Å². The summed E-state index contributed by atoms with van der Waals surface area (Å²) in [7, 11) is 1.72. The molecule has 0 aliphatic carbocycles. The number of hydrogen-bond acceptors (Lipinski definition) is 4. The predicted octanol–water partition coefficient (Wildman–Crippen LogP) is 2.26. The molecule has 2 amide bonds. The van der Waals surface area contributed by atoms with E-state index in [1.54, 1.807) is 18.0 Å². The zero-order valence-electron chi connectivity index (χ0n) is 14.9. The van der Waals surface area contributed by atoms with Crippen LogP contribution in [0.25, 0.3) is 0 Å². The van der Waals surface area contributed by atoms with Crippen LogP contribution in [0.2, 0.25) is 0 Å². The second kappa shape index (κ2) is 8.58. The van der Waals surface area contributed by atoms with Gasteiger partial charge in [-0.05, 0) is 30.5 Å². The Morgan fingerprint density at radius 2 is 2.08 bits per heavy atom. The molecule has 0 bridgehead atoms. The van der Waals surface area contributed by atoms with Gasteiger partial charge in [0.15, 0.2) is 0 Å². The average molecular weight is 353 g/mol. The summed E-state index contributed by atoms with van der Waals surface area (Å²) in [6, 6.07) is 12.9. The monoisotopic (exact) mass is 353 g/mol. The number of rotatable bonds is 6. The summed E-state index contributed by atoms with van der Waals surface area (Å²) < 4.78 is 5.50. The standard InChI is InChI=1S/C20H23N3O3/c1-23(14-15-6-3-2-4-7-15)20(25)18-12-16(9-10-21-18)19(24)22-13-17-8-5-11-26-17/h2-4,6-7,9-10,12,17H,5,8,11,13-14H2,1H3,(H,22,24). The van der Waals surface area contributed by atoms with Gasteiger partial charge in [-0.25, -0.2) is 0 Å². The molecule has 0 radical (unpaired) electrons. The van der Waals surface area contributed by atoms with Crippen LogP contribution in [0, 0.1) is 0 Å². The molecule has 1 fully saturated rings. The van der Waals surface area contributed by atoms with Crippen LogP contribution in [-0.2, 0) is 11.3 Å². The summed E-state index contributed by atoms with van der Waals surface area (Å²) in [5, 5.41) is 2.86. The Morgan fingerprint density at radius 3 is 2.81 bits per heavy atom. The molecule has 1 atom stereocenters. The minimum absolute atomic E-state index is 0.0823. The Bertz CT molecular complexity index is 758. The molecule has 6 nitrogen and oxygen atoms in total. The first-order chi connectivity index (χ1) is 12.6. The fraction of sp³-hybridized carbons (Fsp3) is 0.350. The van der Waals surface area contributed by atoms with Gasteiger partial charge < -0.3 is 15.0 Å². The molecule has 1 aliphatic heterocycles. The van der Waals surface area contributed by atoms with Crippen molar-refractivity contribution < 1.29 is 14.3 Å². The molecular formula is C20H23N3O3. The molecule has 1 saturated heterocycles. The van der Waals surface area contributed by atoms with Crippen molar-refractivity contribution in [2.45, 2.75) is 25.5 Å². The summed E-state index contributed by atoms with van der Waals surface area (Å²) in [6.07, 6.45) is 3.57. The molecule has 1 N–H and O–H groups in total. The van der Waals surface area contributed by atoms with Gasteiger partial charge in [0.2, 0.25) is 0 Å². The molecule has 1 aromatic heterocycles. The van der Waals surface area contributed by atoms with Crippen LogP contribution in [0.15, 0.2) is 48.7 Å². The van der Waals surface area contributed by atoms with E-state index < -0.39 is 0 Å². The highest BCUT2D eigenvalue weighted by molar-refractivity contribution is 5.98. The maximum atomic E-state index is 12.6. The zero-order valence-corrected chi connectivity index (χ0v) is 14.9. The highest BCUT2D eigenvalue weighted by atomic mass is 16.5. The van der Waals surface area contributed by atoms with E-state index in [4.69, 9.17) is 4.74 Å². The largest absolute Gasteiger partial charge is 0.376 e. The minimum Gasteiger partial charge on any atom is -0.376 e. The molecule has 0 saturated carbocycles. The van der Waals surface area contributed by atoms with Crippen molar-refractivity contribution in [3.63, 3.8) is 0 Å². The van der Waals surface area contributed by atoms with Crippen molar-refractivity contribution in [2.24, 2.45) is 0 Å². The first-order valence-electron chi connectivity index (χ1n) is 8.79. The normalized spacial score (nSPS) is 16.3. The van der Waals surface area contributed by atoms with Crippen LogP contribution in [0.4, 0.5) is 0 Å². The molecule has 136 valence electrons. The molecular weight excluding hydrogens is 330 g/mol. The van der Waals surface area contributed by atoms with Crippen LogP contribution in [0.5, 0.6) is 0 Å². The SMILES string of the molecule is CN(Cc1ccccc1)C(=O)c1cc(C(=O)NCC2CCCO2)ccn1. The predicted molar refractivity (Wildman–Crippen MR) is 97.8 cm³/mol. The van der Waals surface area contributed by atoms with Crippen LogP contribution in [0.3, 0.4) is 0 Å². The average Bonchev–Trinajstić information content (AvgIpc) is 3.20. The van der Waals surface area contributed by atoms with E-state index in [9.17, 15) is 9.59 Å². The third kappa shape index (κ3) is 4.67. The first-order valence-corrected chi connectivity index (χ1v) is 8.79. The molecule has 26 heavy (non-hydrogen) atoms. The van der Waals surface area contributed by atoms with E-state index in [0.717, 1.165) is 25.0 Å². The lowest BCUT2D eigenvalue weighted by atomic mass is 10.1. The second-order valence-corrected chi connectivity index (χ2v) is 6.42. The van der Waals surface area contributed by atoms with Crippen LogP contribution < -0.4 is 5.32 Å². The molecule has 2 heterocycles. The maximum Gasteiger partial charge on any atom is 0.272 e. The van der Waals surface area contributed by atoms with Crippen molar-refractivity contribution in [1.82, 2.24) is 15.2 Å². The third-order valence-corrected chi connectivity index (χ3v) is 4.36. The number of aromatic nitrogens is 1. The van der Waals surface area contributed by atoms with Crippen LogP contribution >= 0.6 is 0 Å². The lowest BCUT2D eigenvalue weighted by Crippen LogP contribution is -2.32. The first kappa shape index (κ1) is 18.1. The quantitative estimate of drug-likeness (QED) is 0.865. The van der Waals surface area contributed by atoms with E-state index >= 15 is 0 Å². The van der Waals surface area contributed by atoms with Gasteiger partial charge in [-0.3, -0.25) is 14.6 Å². The van der Waals surface area contributed by atoms with Gasteiger partial charge in [-0.15, -0.1) is 0 Å². The highest BCUT2D eigenvalue weighted by Gasteiger charge is 2.18. The number of amides is 2. The zero-order chi connectivity index (χ0) is 18.4. The molecule has 1 aromatic carbocycles. The number of carbonyl (C=O) groups excluding carboxylic acids is 2. The number of carbonyl (C=O) groups is 2. The summed E-state index contributed by atoms with van der Waals surface area (Å²) in [6.45, 7) is 1.72. The Balaban J connectivity index is 1.61. The van der Waals surface area contributed by atoms with Gasteiger partial charge in [-0.1, -0.05) is 30.3 Å². The van der Waals surface area contributed by atoms with Gasteiger partial charge in [0.25, 0.3) is 11.8 Å². The van der Waals surface area contributed by atoms with Crippen molar-refractivity contribution in [2.75, 3.05) is 20.2 Å². The Kier molecular flexibility index (Phi) is 5.96. The van der Waals surface area contributed by atoms with Crippen molar-refractivity contribution in [1.29, 1.82) is 0 Å². The molecule has 1 aliphatic rings. The molecule has 0 spiro atoms. The molecule has 3 rings (SSSR count). The lowest BCUT2D eigenvalue weighted by Gasteiger charge is -2.17. The fourth-order valence-electron chi connectivity index (χ4n) is 2.93. The smallest absolute Gasteiger partial charge is 0.272 e. The van der Waals surface area contributed by atoms with Gasteiger partial charge in [0.05, 0.1) is 6.10 Å². The van der Waals surface area contributed by atoms with Gasteiger partial charge in [-0.2, -0.15) is 0 Å². The lowest BCUT2D eigenvalue weighted by molar-refractivity contribution is 0.0779. The fourth-order valence-corrected chi connectivity index (χ4v) is 2.93. The number of ether oxygens (including phenoxy) is 1. The van der Waals surface area contributed by atoms with E-state index in [-0.39, 0.29) is 23.6 Å². The molecule has 6 heteroatoms. The van der Waals surface area contributed by atoms with Gasteiger partial charge in [0, 0.05) is 38.5 Å². The third-order valence-electron chi connectivity index (χ3n) is 4.36. The van der Waals surface area contributed by atoms with Gasteiger partial charge >= 0.3 is 0 Å². The Morgan fingerprint density at radius 1 is 1.27 bits per heavy atom. The summed E-state index contributed by atoms with van der Waals surface area (Å²) in [5.41, 5.74) is 1.72. The summed E-state index contributed by atoms with van der Waals surface area (Å²) >= 11 is 0. The Labute approximate surface area is 153 Å². The van der Waals surface area contributed by atoms with E-state index in [1.165, 1.54) is 12.3 Å². The van der Waals surface area contributed by atoms with Crippen molar-refractivity contribution in [3.05, 3.63) is 65.5 Å². The number of pyridine rings is 1. The van der Waals surface area contributed by atoms with Crippen molar-refractivity contribution >= 4 is 11.8 Å². The number of benzene rings is 1. The summed E-state index contributed by atoms with van der Waals surface area (Å²) in [4.78, 5) is 30.6. The van der Waals surface area contributed by atoms with E-state index in [0.29, 0.717) is 18.7 Å². The van der Waals surface area contributed by atoms with Gasteiger partial charge in [0.1, 0.15) is 5.69 Å². The minimum atomic E-state index is -0.220. The Hall–Kier alpha value is -2.73. The van der Waals surface area contributed by atoms with Crippen molar-refractivity contribution in [3.8, 4) is 0 Å². The number of hydrogen-bond donors (Lipinski definition) is 1. The van der Waals surface area contributed by atoms with Crippen LogP contribution in [-0.4, -0.2) is 48.0 Å². The maximum absolute atomic E-state index is 12.6. The van der Waals surface area contributed by atoms with E-state index in [2.05, 4.69) is 10.3 Å². The number of nitrogens with zero attached hydrogens (tertiary/aromatic N) is 2. The van der Waals surface area contributed by atoms with E-state index in [1.807, 2.05) is 30.3 Å². The molecule has 1 unspecified atom stereocenters. The summed E-state index contributed by atoms with van der Waals surface area (Å²) in [5.74, 6) is -0.440. The molecule has 2 aromatic rings. The topological polar surface area (TPSA) is 71.5 Å². The number of nitrogens with one attached hydrogen (secondary N) is 1.